The molecule has 0 aliphatic carbocycles. The number of halogens is 3. The summed E-state index contributed by atoms with van der Waals surface area (Å²) in [4.78, 5) is 13.4. The van der Waals surface area contributed by atoms with Gasteiger partial charge in [-0.15, -0.1) is 0 Å². The first-order valence-corrected chi connectivity index (χ1v) is 8.97. The smallest absolute Gasteiger partial charge is 0.416 e. The van der Waals surface area contributed by atoms with Gasteiger partial charge in [-0.25, -0.2) is 0 Å². The van der Waals surface area contributed by atoms with Crippen LogP contribution in [0, 0.1) is 10.1 Å². The summed E-state index contributed by atoms with van der Waals surface area (Å²) >= 11 is 0. The van der Waals surface area contributed by atoms with E-state index in [0.717, 1.165) is 23.1 Å². The average molecular weight is 411 g/mol. The van der Waals surface area contributed by atoms with Gasteiger partial charge in [0, 0.05) is 17.3 Å². The Morgan fingerprint density at radius 3 is 2.48 bits per heavy atom. The lowest BCUT2D eigenvalue weighted by atomic mass is 10.1. The highest BCUT2D eigenvalue weighted by molar-refractivity contribution is 5.52. The summed E-state index contributed by atoms with van der Waals surface area (Å²) in [5, 5.41) is 23.5. The molecule has 2 aromatic carbocycles. The van der Waals surface area contributed by atoms with Gasteiger partial charge < -0.3 is 19.6 Å². The maximum absolute atomic E-state index is 12.9. The summed E-state index contributed by atoms with van der Waals surface area (Å²) in [6, 6.07) is 7.56. The van der Waals surface area contributed by atoms with Gasteiger partial charge in [-0.3, -0.25) is 10.1 Å². The van der Waals surface area contributed by atoms with E-state index in [1.165, 1.54) is 19.2 Å². The first kappa shape index (κ1) is 20.7. The molecule has 1 N–H and O–H groups in total. The fourth-order valence-electron chi connectivity index (χ4n) is 3.44. The summed E-state index contributed by atoms with van der Waals surface area (Å²) in [7, 11) is 1.28. The van der Waals surface area contributed by atoms with Gasteiger partial charge in [-0.2, -0.15) is 13.2 Å². The molecular weight excluding hydrogens is 391 g/mol. The number of rotatable bonds is 5. The lowest BCUT2D eigenvalue weighted by Crippen LogP contribution is -3.13. The van der Waals surface area contributed by atoms with Gasteiger partial charge in [0.1, 0.15) is 12.3 Å². The topological polar surface area (TPSA) is 83.1 Å². The molecule has 1 saturated heterocycles. The maximum atomic E-state index is 12.9. The predicted molar refractivity (Wildman–Crippen MR) is 97.2 cm³/mol. The van der Waals surface area contributed by atoms with E-state index in [1.54, 1.807) is 6.07 Å². The van der Waals surface area contributed by atoms with Crippen molar-refractivity contribution in [1.29, 1.82) is 0 Å². The second kappa shape index (κ2) is 8.16. The number of methoxy groups -OCH3 is 1. The van der Waals surface area contributed by atoms with Crippen molar-refractivity contribution in [1.82, 2.24) is 0 Å². The van der Waals surface area contributed by atoms with E-state index in [9.17, 15) is 28.4 Å². The number of quaternary nitrogens is 1. The van der Waals surface area contributed by atoms with Crippen LogP contribution in [0.3, 0.4) is 0 Å². The molecule has 29 heavy (non-hydrogen) atoms. The number of nitro groups is 1. The van der Waals surface area contributed by atoms with Crippen molar-refractivity contribution in [3.8, 4) is 11.5 Å². The fraction of sp³-hybridized carbons (Fsp3) is 0.368. The summed E-state index contributed by atoms with van der Waals surface area (Å²) in [5.74, 6) is -0.456. The van der Waals surface area contributed by atoms with E-state index >= 15 is 0 Å². The zero-order valence-electron chi connectivity index (χ0n) is 15.7. The molecule has 1 heterocycles. The highest BCUT2D eigenvalue weighted by Gasteiger charge is 2.31. The van der Waals surface area contributed by atoms with Gasteiger partial charge in [-0.05, 0) is 18.2 Å². The van der Waals surface area contributed by atoms with E-state index in [2.05, 4.69) is 0 Å². The van der Waals surface area contributed by atoms with Crippen LogP contribution >= 0.6 is 0 Å². The minimum absolute atomic E-state index is 0.0730. The van der Waals surface area contributed by atoms with Crippen LogP contribution in [0.1, 0.15) is 11.1 Å². The zero-order chi connectivity index (χ0) is 21.2. The molecule has 0 spiro atoms. The van der Waals surface area contributed by atoms with Crippen molar-refractivity contribution in [2.24, 2.45) is 0 Å². The molecule has 1 fully saturated rings. The third kappa shape index (κ3) is 4.70. The normalized spacial score (nSPS) is 15.4. The first-order valence-electron chi connectivity index (χ1n) is 8.97. The van der Waals surface area contributed by atoms with Crippen molar-refractivity contribution in [2.75, 3.05) is 38.2 Å². The van der Waals surface area contributed by atoms with Gasteiger partial charge >= 0.3 is 6.18 Å². The first-order chi connectivity index (χ1) is 13.7. The minimum Gasteiger partial charge on any atom is -0.870 e. The number of nitrogens with one attached hydrogen (secondary N) is 1. The summed E-state index contributed by atoms with van der Waals surface area (Å²) in [5.41, 5.74) is -0.109. The molecule has 0 bridgehead atoms. The number of nitrogens with zero attached hydrogens (tertiary/aromatic N) is 2. The molecule has 0 amide bonds. The standard InChI is InChI=1S/C19H20F3N3O4/c1-29-17-11-16(25(27)28)9-13(18(17)26)12-23-5-7-24(8-6-23)15-4-2-3-14(10-15)19(20,21)22/h2-4,9-11,26H,5-8,12H2,1H3. The van der Waals surface area contributed by atoms with E-state index in [-0.39, 0.29) is 23.7 Å². The van der Waals surface area contributed by atoms with Crippen molar-refractivity contribution in [3.63, 3.8) is 0 Å². The molecular formula is C19H20F3N3O4. The highest BCUT2D eigenvalue weighted by Crippen LogP contribution is 2.33. The number of piperazine rings is 1. The third-order valence-corrected chi connectivity index (χ3v) is 5.00. The quantitative estimate of drug-likeness (QED) is 0.597. The van der Waals surface area contributed by atoms with Gasteiger partial charge in [0.2, 0.25) is 0 Å². The molecule has 3 rings (SSSR count). The van der Waals surface area contributed by atoms with Crippen LogP contribution in [0.15, 0.2) is 36.4 Å². The van der Waals surface area contributed by atoms with Crippen molar-refractivity contribution in [3.05, 3.63) is 57.6 Å². The van der Waals surface area contributed by atoms with Crippen molar-refractivity contribution < 1.29 is 32.8 Å². The van der Waals surface area contributed by atoms with E-state index < -0.39 is 16.7 Å². The SMILES string of the molecule is COc1cc([N+](=O)[O-])cc(C[NH+]2CCN(c3cccc(C(F)(F)F)c3)CC2)c1[O-]. The van der Waals surface area contributed by atoms with Crippen molar-refractivity contribution in [2.45, 2.75) is 12.7 Å². The highest BCUT2D eigenvalue weighted by atomic mass is 19.4. The molecule has 1 aliphatic rings. The molecule has 0 unspecified atom stereocenters. The number of hydrogen-bond donors (Lipinski definition) is 1. The molecule has 7 nitrogen and oxygen atoms in total. The molecule has 0 saturated carbocycles. The van der Waals surface area contributed by atoms with Gasteiger partial charge in [0.25, 0.3) is 5.69 Å². The number of ether oxygens (including phenoxy) is 1. The van der Waals surface area contributed by atoms with E-state index in [0.29, 0.717) is 37.4 Å². The van der Waals surface area contributed by atoms with Gasteiger partial charge in [-0.1, -0.05) is 11.8 Å². The van der Waals surface area contributed by atoms with Crippen LogP contribution < -0.4 is 19.6 Å². The van der Waals surface area contributed by atoms with Crippen LogP contribution in [0.25, 0.3) is 0 Å². The lowest BCUT2D eigenvalue weighted by Gasteiger charge is -2.34. The summed E-state index contributed by atoms with van der Waals surface area (Å²) in [6.07, 6.45) is -4.39. The van der Waals surface area contributed by atoms with Gasteiger partial charge in [0.15, 0.2) is 0 Å². The Balaban J connectivity index is 1.69. The minimum atomic E-state index is -4.39. The molecule has 0 aromatic heterocycles. The molecule has 0 atom stereocenters. The predicted octanol–water partition coefficient (Wildman–Crippen LogP) is 1.60. The fourth-order valence-corrected chi connectivity index (χ4v) is 3.44. The summed E-state index contributed by atoms with van der Waals surface area (Å²) in [6.45, 7) is 2.47. The Bertz CT molecular complexity index is 897. The monoisotopic (exact) mass is 411 g/mol. The molecule has 10 heteroatoms. The average Bonchev–Trinajstić information content (AvgIpc) is 2.69. The lowest BCUT2D eigenvalue weighted by molar-refractivity contribution is -0.914. The van der Waals surface area contributed by atoms with Crippen LogP contribution in [0.5, 0.6) is 11.5 Å². The van der Waals surface area contributed by atoms with Crippen LogP contribution in [-0.4, -0.2) is 38.2 Å². The van der Waals surface area contributed by atoms with Crippen LogP contribution in [0.4, 0.5) is 24.5 Å². The Kier molecular flexibility index (Phi) is 5.83. The number of alkyl halides is 3. The molecule has 0 radical (unpaired) electrons. The van der Waals surface area contributed by atoms with E-state index in [4.69, 9.17) is 4.74 Å². The molecule has 2 aromatic rings. The second-order valence-electron chi connectivity index (χ2n) is 6.86. The molecule has 156 valence electrons. The van der Waals surface area contributed by atoms with Crippen molar-refractivity contribution >= 4 is 11.4 Å². The Labute approximate surface area is 165 Å². The maximum Gasteiger partial charge on any atom is 0.416 e. The van der Waals surface area contributed by atoms with Crippen LogP contribution in [0.2, 0.25) is 0 Å². The number of nitro benzene ring substituents is 1. The zero-order valence-corrected chi connectivity index (χ0v) is 15.7. The van der Waals surface area contributed by atoms with E-state index in [1.807, 2.05) is 4.90 Å². The Morgan fingerprint density at radius 2 is 1.90 bits per heavy atom. The van der Waals surface area contributed by atoms with Gasteiger partial charge in [0.05, 0.1) is 49.8 Å². The largest absolute Gasteiger partial charge is 0.870 e. The van der Waals surface area contributed by atoms with Crippen LogP contribution in [-0.2, 0) is 12.7 Å². The Hall–Kier alpha value is -3.01. The summed E-state index contributed by atoms with van der Waals surface area (Å²) < 4.78 is 43.7. The number of hydrogen-bond acceptors (Lipinski definition) is 5. The Morgan fingerprint density at radius 1 is 1.21 bits per heavy atom. The second-order valence-corrected chi connectivity index (χ2v) is 6.86. The third-order valence-electron chi connectivity index (χ3n) is 5.00. The molecule has 1 aliphatic heterocycles. The number of non-ortho nitro benzene ring substituents is 1. The number of benzene rings is 2. The number of anilines is 1.